The third-order valence-corrected chi connectivity index (χ3v) is 4.39. The summed E-state index contributed by atoms with van der Waals surface area (Å²) in [7, 11) is 0. The minimum absolute atomic E-state index is 0.0196. The lowest BCUT2D eigenvalue weighted by Gasteiger charge is -2.35. The lowest BCUT2D eigenvalue weighted by atomic mass is 9.86. The fourth-order valence-corrected chi connectivity index (χ4v) is 3.04. The van der Waals surface area contributed by atoms with Gasteiger partial charge in [0, 0.05) is 18.3 Å². The maximum absolute atomic E-state index is 12.0. The van der Waals surface area contributed by atoms with E-state index in [4.69, 9.17) is 9.15 Å². The first-order valence-corrected chi connectivity index (χ1v) is 8.14. The lowest BCUT2D eigenvalue weighted by molar-refractivity contribution is 0.122. The molecular weight excluding hydrogens is 322 g/mol. The Kier molecular flexibility index (Phi) is 3.97. The molecule has 1 aromatic carbocycles. The summed E-state index contributed by atoms with van der Waals surface area (Å²) in [6.07, 6.45) is 2.47. The van der Waals surface area contributed by atoms with Gasteiger partial charge in [0.05, 0.1) is 0 Å². The van der Waals surface area contributed by atoms with Crippen LogP contribution in [-0.2, 0) is 11.3 Å². The second-order valence-electron chi connectivity index (χ2n) is 6.09. The van der Waals surface area contributed by atoms with E-state index in [1.165, 1.54) is 0 Å². The van der Waals surface area contributed by atoms with Crippen LogP contribution in [0.25, 0.3) is 11.2 Å². The Morgan fingerprint density at radius 2 is 2.04 bits per heavy atom. The third-order valence-electron chi connectivity index (χ3n) is 4.39. The first-order valence-electron chi connectivity index (χ1n) is 8.14. The molecule has 0 radical (unpaired) electrons. The number of hydrogen-bond donors (Lipinski definition) is 1. The number of ether oxygens (including phenoxy) is 1. The molecule has 1 aliphatic carbocycles. The molecule has 1 fully saturated rings. The van der Waals surface area contributed by atoms with Crippen molar-refractivity contribution in [3.8, 4) is 0 Å². The quantitative estimate of drug-likeness (QED) is 0.789. The molecule has 0 aliphatic heterocycles. The van der Waals surface area contributed by atoms with Crippen LogP contribution in [0.2, 0.25) is 0 Å². The summed E-state index contributed by atoms with van der Waals surface area (Å²) in [6, 6.07) is 12.9. The molecule has 0 bridgehead atoms. The third kappa shape index (κ3) is 3.13. The van der Waals surface area contributed by atoms with Crippen LogP contribution >= 0.6 is 0 Å². The average molecular weight is 339 g/mol. The van der Waals surface area contributed by atoms with Crippen LogP contribution in [0, 0.1) is 0 Å². The van der Waals surface area contributed by atoms with Crippen molar-refractivity contribution in [2.45, 2.75) is 31.5 Å². The highest BCUT2D eigenvalue weighted by Crippen LogP contribution is 2.33. The number of oxazole rings is 1. The number of benzene rings is 1. The van der Waals surface area contributed by atoms with Crippen LogP contribution in [0.5, 0.6) is 0 Å². The SMILES string of the molecule is O=C(N[C@H]1C[C@H](n2c(=O)oc3cccnc32)C1)OCc1ccccc1. The summed E-state index contributed by atoms with van der Waals surface area (Å²) in [6.45, 7) is 0.235. The van der Waals surface area contributed by atoms with E-state index in [1.807, 2.05) is 30.3 Å². The predicted octanol–water partition coefficient (Wildman–Crippen LogP) is 2.62. The van der Waals surface area contributed by atoms with E-state index in [0.717, 1.165) is 5.56 Å². The van der Waals surface area contributed by atoms with Gasteiger partial charge >= 0.3 is 11.8 Å². The highest BCUT2D eigenvalue weighted by Gasteiger charge is 2.34. The van der Waals surface area contributed by atoms with Crippen molar-refractivity contribution < 1.29 is 13.9 Å². The number of nitrogens with zero attached hydrogens (tertiary/aromatic N) is 2. The Hall–Kier alpha value is -3.09. The average Bonchev–Trinajstić information content (AvgIpc) is 2.92. The van der Waals surface area contributed by atoms with Crippen molar-refractivity contribution in [1.82, 2.24) is 14.9 Å². The molecule has 25 heavy (non-hydrogen) atoms. The molecule has 7 nitrogen and oxygen atoms in total. The van der Waals surface area contributed by atoms with Gasteiger partial charge in [0.2, 0.25) is 0 Å². The van der Waals surface area contributed by atoms with Crippen LogP contribution in [0.1, 0.15) is 24.4 Å². The van der Waals surface area contributed by atoms with Crippen molar-refractivity contribution >= 4 is 17.3 Å². The number of hydrogen-bond acceptors (Lipinski definition) is 5. The molecule has 0 spiro atoms. The van der Waals surface area contributed by atoms with Gasteiger partial charge in [0.15, 0.2) is 11.2 Å². The van der Waals surface area contributed by atoms with Crippen LogP contribution in [0.15, 0.2) is 57.9 Å². The molecule has 0 unspecified atom stereocenters. The Labute approximate surface area is 143 Å². The number of aromatic nitrogens is 2. The fourth-order valence-electron chi connectivity index (χ4n) is 3.04. The molecule has 2 aromatic heterocycles. The molecule has 4 rings (SSSR count). The molecular formula is C18H17N3O4. The number of rotatable bonds is 4. The molecule has 3 aromatic rings. The van der Waals surface area contributed by atoms with Crippen molar-refractivity contribution in [3.05, 3.63) is 64.8 Å². The minimum atomic E-state index is -0.449. The number of carbonyl (C=O) groups is 1. The van der Waals surface area contributed by atoms with Gasteiger partial charge in [-0.1, -0.05) is 30.3 Å². The second kappa shape index (κ2) is 6.43. The smallest absolute Gasteiger partial charge is 0.421 e. The van der Waals surface area contributed by atoms with Gasteiger partial charge in [-0.2, -0.15) is 0 Å². The molecule has 7 heteroatoms. The first-order chi connectivity index (χ1) is 12.2. The van der Waals surface area contributed by atoms with E-state index in [2.05, 4.69) is 10.3 Å². The predicted molar refractivity (Wildman–Crippen MR) is 90.1 cm³/mol. The zero-order valence-corrected chi connectivity index (χ0v) is 13.4. The van der Waals surface area contributed by atoms with Crippen molar-refractivity contribution in [2.24, 2.45) is 0 Å². The maximum Gasteiger partial charge on any atom is 0.421 e. The van der Waals surface area contributed by atoms with E-state index in [1.54, 1.807) is 22.9 Å². The maximum atomic E-state index is 12.0. The molecule has 1 aliphatic rings. The monoisotopic (exact) mass is 339 g/mol. The summed E-state index contributed by atoms with van der Waals surface area (Å²) < 4.78 is 12.0. The van der Waals surface area contributed by atoms with Gasteiger partial charge in [-0.15, -0.1) is 0 Å². The highest BCUT2D eigenvalue weighted by molar-refractivity contribution is 5.68. The molecule has 0 saturated heterocycles. The Balaban J connectivity index is 1.32. The molecule has 1 amide bonds. The molecule has 1 N–H and O–H groups in total. The number of amides is 1. The highest BCUT2D eigenvalue weighted by atomic mass is 16.5. The van der Waals surface area contributed by atoms with Crippen molar-refractivity contribution in [3.63, 3.8) is 0 Å². The standard InChI is InChI=1S/C18H17N3O4/c22-17(24-11-12-5-2-1-3-6-12)20-13-9-14(10-13)21-16-15(25-18(21)23)7-4-8-19-16/h1-8,13-14H,9-11H2,(H,20,22)/t13-,14-. The van der Waals surface area contributed by atoms with Gasteiger partial charge in [-0.05, 0) is 30.5 Å². The van der Waals surface area contributed by atoms with E-state index in [9.17, 15) is 9.59 Å². The van der Waals surface area contributed by atoms with Crippen LogP contribution < -0.4 is 11.1 Å². The zero-order valence-electron chi connectivity index (χ0n) is 13.4. The summed E-state index contributed by atoms with van der Waals surface area (Å²) in [5.41, 5.74) is 1.96. The molecule has 1 saturated carbocycles. The van der Waals surface area contributed by atoms with E-state index in [-0.39, 0.29) is 18.7 Å². The number of carbonyl (C=O) groups excluding carboxylic acids is 1. The van der Waals surface area contributed by atoms with Crippen LogP contribution in [0.4, 0.5) is 4.79 Å². The van der Waals surface area contributed by atoms with Gasteiger partial charge in [0.1, 0.15) is 6.61 Å². The van der Waals surface area contributed by atoms with Crippen LogP contribution in [-0.4, -0.2) is 21.7 Å². The number of pyridine rings is 1. The number of alkyl carbamates (subject to hydrolysis) is 1. The van der Waals surface area contributed by atoms with E-state index >= 15 is 0 Å². The Morgan fingerprint density at radius 3 is 2.84 bits per heavy atom. The van der Waals surface area contributed by atoms with Gasteiger partial charge < -0.3 is 14.5 Å². The van der Waals surface area contributed by atoms with Crippen molar-refractivity contribution in [2.75, 3.05) is 0 Å². The Morgan fingerprint density at radius 1 is 1.24 bits per heavy atom. The van der Waals surface area contributed by atoms with Crippen molar-refractivity contribution in [1.29, 1.82) is 0 Å². The first kappa shape index (κ1) is 15.4. The van der Waals surface area contributed by atoms with Crippen LogP contribution in [0.3, 0.4) is 0 Å². The summed E-state index contributed by atoms with van der Waals surface area (Å²) in [4.78, 5) is 28.1. The molecule has 2 heterocycles. The lowest BCUT2D eigenvalue weighted by Crippen LogP contribution is -2.46. The topological polar surface area (TPSA) is 86.4 Å². The number of fused-ring (bicyclic) bond motifs is 1. The molecule has 0 atom stereocenters. The summed E-state index contributed by atoms with van der Waals surface area (Å²) >= 11 is 0. The number of nitrogens with one attached hydrogen (secondary N) is 1. The van der Waals surface area contributed by atoms with Gasteiger partial charge in [-0.3, -0.25) is 4.57 Å². The largest absolute Gasteiger partial charge is 0.445 e. The molecule has 128 valence electrons. The van der Waals surface area contributed by atoms with Gasteiger partial charge in [-0.25, -0.2) is 14.6 Å². The Bertz CT molecular complexity index is 942. The minimum Gasteiger partial charge on any atom is -0.445 e. The fraction of sp³-hybridized carbons (Fsp3) is 0.278. The van der Waals surface area contributed by atoms with E-state index in [0.29, 0.717) is 24.1 Å². The van der Waals surface area contributed by atoms with Gasteiger partial charge in [0.25, 0.3) is 0 Å². The summed E-state index contributed by atoms with van der Waals surface area (Å²) in [5, 5.41) is 2.82. The second-order valence-corrected chi connectivity index (χ2v) is 6.09. The normalized spacial score (nSPS) is 19.4. The van der Waals surface area contributed by atoms with E-state index < -0.39 is 11.8 Å². The summed E-state index contributed by atoms with van der Waals surface area (Å²) in [5.74, 6) is -0.413. The zero-order chi connectivity index (χ0) is 17.2.